The summed E-state index contributed by atoms with van der Waals surface area (Å²) in [6, 6.07) is 0. The van der Waals surface area contributed by atoms with Gasteiger partial charge in [-0.15, -0.1) is 0 Å². The van der Waals surface area contributed by atoms with Crippen molar-refractivity contribution in [3.8, 4) is 0 Å². The Hall–Kier alpha value is -0.220. The van der Waals surface area contributed by atoms with Crippen molar-refractivity contribution in [3.05, 3.63) is 0 Å². The summed E-state index contributed by atoms with van der Waals surface area (Å²) in [5.41, 5.74) is 0. The number of ether oxygens (including phenoxy) is 1. The molecule has 6 heteroatoms. The molecule has 0 rings (SSSR count). The van der Waals surface area contributed by atoms with Crippen molar-refractivity contribution in [1.29, 1.82) is 0 Å². The molecule has 0 fully saturated rings. The van der Waals surface area contributed by atoms with Crippen LogP contribution in [0.15, 0.2) is 0 Å². The van der Waals surface area contributed by atoms with E-state index in [1.807, 2.05) is 0 Å². The molecule has 0 aromatic rings. The van der Waals surface area contributed by atoms with Crippen molar-refractivity contribution in [3.63, 3.8) is 0 Å². The van der Waals surface area contributed by atoms with E-state index in [-0.39, 0.29) is 6.42 Å². The number of unbranched alkanes of at least 4 members (excludes halogenated alkanes) is 13. The zero-order valence-electron chi connectivity index (χ0n) is 17.0. The van der Waals surface area contributed by atoms with E-state index in [0.717, 1.165) is 6.42 Å². The van der Waals surface area contributed by atoms with Crippen LogP contribution < -0.4 is 0 Å². The largest absolute Gasteiger partial charge is 0.396 e. The second kappa shape index (κ2) is 21.1. The summed E-state index contributed by atoms with van der Waals surface area (Å²) in [6.07, 6.45) is 18.9. The quantitative estimate of drug-likeness (QED) is 0.195. The fourth-order valence-corrected chi connectivity index (χ4v) is 3.17. The van der Waals surface area contributed by atoms with Crippen LogP contribution in [-0.2, 0) is 18.6 Å². The monoisotopic (exact) mass is 392 g/mol. The summed E-state index contributed by atoms with van der Waals surface area (Å²) < 4.78 is 14.5. The van der Waals surface area contributed by atoms with E-state index in [2.05, 4.69) is 16.0 Å². The van der Waals surface area contributed by atoms with Crippen LogP contribution in [0, 0.1) is 0 Å². The van der Waals surface area contributed by atoms with Crippen molar-refractivity contribution >= 4 is 14.6 Å². The first-order valence-corrected chi connectivity index (χ1v) is 11.6. The summed E-state index contributed by atoms with van der Waals surface area (Å²) in [5.74, 6) is -0.485. The summed E-state index contributed by atoms with van der Waals surface area (Å²) in [5, 5.41) is 0. The molecule has 0 aliphatic carbocycles. The lowest BCUT2D eigenvalue weighted by Gasteiger charge is -2.07. The van der Waals surface area contributed by atoms with Gasteiger partial charge < -0.3 is 18.7 Å². The summed E-state index contributed by atoms with van der Waals surface area (Å²) >= 11 is 0. The van der Waals surface area contributed by atoms with Crippen molar-refractivity contribution in [2.45, 2.75) is 103 Å². The molecular weight excluding hydrogens is 351 g/mol. The van der Waals surface area contributed by atoms with Gasteiger partial charge in [0.2, 0.25) is 0 Å². The first kappa shape index (κ1) is 25.8. The molecule has 0 aliphatic rings. The van der Waals surface area contributed by atoms with Crippen LogP contribution in [0.2, 0.25) is 0 Å². The van der Waals surface area contributed by atoms with Crippen molar-refractivity contribution < 1.29 is 23.5 Å². The molecule has 5 nitrogen and oxygen atoms in total. The molecular formula is C20H41O5P. The molecule has 0 aromatic carbocycles. The minimum absolute atomic E-state index is 0.154. The Bertz CT molecular complexity index is 302. The smallest absolute Gasteiger partial charge is 0.394 e. The molecule has 26 heavy (non-hydrogen) atoms. The summed E-state index contributed by atoms with van der Waals surface area (Å²) in [4.78, 5) is 20.3. The van der Waals surface area contributed by atoms with Crippen molar-refractivity contribution in [1.82, 2.24) is 0 Å². The topological polar surface area (TPSA) is 65.0 Å². The highest BCUT2D eigenvalue weighted by Gasteiger charge is 2.11. The lowest BCUT2D eigenvalue weighted by atomic mass is 10.0. The number of hydrogen-bond acceptors (Lipinski definition) is 5. The van der Waals surface area contributed by atoms with Gasteiger partial charge >= 0.3 is 14.6 Å². The number of hydrogen-bond donors (Lipinski definition) is 1. The van der Waals surface area contributed by atoms with Gasteiger partial charge in [-0.05, 0) is 6.42 Å². The Kier molecular flexibility index (Phi) is 20.9. The van der Waals surface area contributed by atoms with E-state index in [4.69, 9.17) is 9.63 Å². The number of carbonyl (C=O) groups is 1. The van der Waals surface area contributed by atoms with Crippen LogP contribution in [0.25, 0.3) is 0 Å². The maximum Gasteiger partial charge on any atom is 0.396 e. The highest BCUT2D eigenvalue weighted by atomic mass is 31.2. The average Bonchev–Trinajstić information content (AvgIpc) is 2.64. The van der Waals surface area contributed by atoms with Gasteiger partial charge in [-0.25, -0.2) is 0 Å². The maximum atomic E-state index is 11.2. The SMILES string of the molecule is CCCCCCCCCCCCCCCCOCCC(=O)OP(O)OC. The van der Waals surface area contributed by atoms with E-state index in [1.54, 1.807) is 0 Å². The molecule has 0 radical (unpaired) electrons. The Balaban J connectivity index is 3.10. The van der Waals surface area contributed by atoms with E-state index in [9.17, 15) is 4.79 Å². The molecule has 0 amide bonds. The lowest BCUT2D eigenvalue weighted by Crippen LogP contribution is -2.07. The second-order valence-electron chi connectivity index (χ2n) is 6.84. The van der Waals surface area contributed by atoms with Crippen LogP contribution in [0.4, 0.5) is 0 Å². The zero-order valence-corrected chi connectivity index (χ0v) is 17.9. The Morgan fingerprint density at radius 1 is 0.769 bits per heavy atom. The molecule has 0 bridgehead atoms. The van der Waals surface area contributed by atoms with Gasteiger partial charge in [-0.3, -0.25) is 4.79 Å². The highest BCUT2D eigenvalue weighted by Crippen LogP contribution is 2.31. The fourth-order valence-electron chi connectivity index (χ4n) is 2.83. The van der Waals surface area contributed by atoms with Crippen molar-refractivity contribution in [2.24, 2.45) is 0 Å². The Labute approximate surface area is 162 Å². The third kappa shape index (κ3) is 20.1. The molecule has 0 aromatic heterocycles. The van der Waals surface area contributed by atoms with Gasteiger partial charge in [0.25, 0.3) is 0 Å². The van der Waals surface area contributed by atoms with Crippen LogP contribution >= 0.6 is 8.60 Å². The maximum absolute atomic E-state index is 11.2. The molecule has 0 saturated heterocycles. The van der Waals surface area contributed by atoms with Gasteiger partial charge in [-0.2, -0.15) is 0 Å². The Morgan fingerprint density at radius 2 is 1.23 bits per heavy atom. The fraction of sp³-hybridized carbons (Fsp3) is 0.950. The predicted octanol–water partition coefficient (Wildman–Crippen LogP) is 6.28. The van der Waals surface area contributed by atoms with E-state index >= 15 is 0 Å². The minimum Gasteiger partial charge on any atom is -0.394 e. The zero-order chi connectivity index (χ0) is 19.3. The van der Waals surface area contributed by atoms with Crippen LogP contribution in [0.3, 0.4) is 0 Å². The van der Waals surface area contributed by atoms with Gasteiger partial charge in [-0.1, -0.05) is 90.4 Å². The van der Waals surface area contributed by atoms with Crippen LogP contribution in [0.5, 0.6) is 0 Å². The molecule has 0 saturated carbocycles. The third-order valence-electron chi connectivity index (χ3n) is 4.43. The van der Waals surface area contributed by atoms with Gasteiger partial charge in [0.05, 0.1) is 13.0 Å². The van der Waals surface area contributed by atoms with E-state index < -0.39 is 14.6 Å². The number of rotatable bonds is 20. The molecule has 156 valence electrons. The highest BCUT2D eigenvalue weighted by molar-refractivity contribution is 7.41. The normalized spacial score (nSPS) is 12.3. The van der Waals surface area contributed by atoms with Gasteiger partial charge in [0, 0.05) is 13.7 Å². The molecule has 1 atom stereocenters. The van der Waals surface area contributed by atoms with Gasteiger partial charge in [0.15, 0.2) is 0 Å². The van der Waals surface area contributed by atoms with Crippen LogP contribution in [-0.4, -0.2) is 31.2 Å². The van der Waals surface area contributed by atoms with E-state index in [0.29, 0.717) is 13.2 Å². The number of carbonyl (C=O) groups excluding carboxylic acids is 1. The molecule has 0 heterocycles. The molecule has 0 aliphatic heterocycles. The first-order chi connectivity index (χ1) is 12.7. The van der Waals surface area contributed by atoms with Crippen molar-refractivity contribution in [2.75, 3.05) is 20.3 Å². The first-order valence-electron chi connectivity index (χ1n) is 10.5. The van der Waals surface area contributed by atoms with E-state index in [1.165, 1.54) is 90.6 Å². The van der Waals surface area contributed by atoms with Gasteiger partial charge in [0.1, 0.15) is 0 Å². The molecule has 1 N–H and O–H groups in total. The Morgan fingerprint density at radius 3 is 1.69 bits per heavy atom. The summed E-state index contributed by atoms with van der Waals surface area (Å²) in [7, 11) is -0.771. The lowest BCUT2D eigenvalue weighted by molar-refractivity contribution is -0.136. The average molecular weight is 393 g/mol. The van der Waals surface area contributed by atoms with Crippen LogP contribution in [0.1, 0.15) is 103 Å². The predicted molar refractivity (Wildman–Crippen MR) is 108 cm³/mol. The second-order valence-corrected chi connectivity index (χ2v) is 7.87. The molecule has 0 spiro atoms. The minimum atomic E-state index is -2.07. The third-order valence-corrected chi connectivity index (χ3v) is 5.10. The summed E-state index contributed by atoms with van der Waals surface area (Å²) in [6.45, 7) is 3.29. The molecule has 1 unspecified atom stereocenters. The standard InChI is InChI=1S/C20H41O5P/c1-3-4-5-6-7-8-9-10-11-12-13-14-15-16-18-24-19-17-20(21)25-26(22)23-2/h22H,3-19H2,1-2H3.